The molecule has 0 radical (unpaired) electrons. The molecule has 20 heavy (non-hydrogen) atoms. The second kappa shape index (κ2) is 7.41. The molecule has 0 aliphatic carbocycles. The van der Waals surface area contributed by atoms with Gasteiger partial charge in [-0.25, -0.2) is 0 Å². The Hall–Kier alpha value is -1.39. The molecule has 0 bridgehead atoms. The Kier molecular flexibility index (Phi) is 5.56. The third-order valence-corrected chi connectivity index (χ3v) is 3.73. The van der Waals surface area contributed by atoms with Gasteiger partial charge in [0.15, 0.2) is 0 Å². The minimum Gasteiger partial charge on any atom is -0.379 e. The zero-order chi connectivity index (χ0) is 14.4. The predicted molar refractivity (Wildman–Crippen MR) is 79.4 cm³/mol. The van der Waals surface area contributed by atoms with Crippen molar-refractivity contribution in [3.8, 4) is 0 Å². The zero-order valence-corrected chi connectivity index (χ0v) is 12.3. The van der Waals surface area contributed by atoms with Crippen LogP contribution in [0.25, 0.3) is 0 Å². The van der Waals surface area contributed by atoms with Crippen molar-refractivity contribution in [1.82, 2.24) is 10.6 Å². The SMILES string of the molecule is CCCNC1COCC1C(=O)N[C@@H](C)c1ccccc1. The number of rotatable bonds is 6. The number of nitrogens with one attached hydrogen (secondary N) is 2. The molecular weight excluding hydrogens is 252 g/mol. The lowest BCUT2D eigenvalue weighted by molar-refractivity contribution is -0.126. The standard InChI is InChI=1S/C16H24N2O2/c1-3-9-17-15-11-20-10-14(15)16(19)18-12(2)13-7-5-4-6-8-13/h4-8,12,14-15,17H,3,9-11H2,1-2H3,(H,18,19)/t12-,14?,15?/m0/s1. The average Bonchev–Trinajstić information content (AvgIpc) is 2.94. The minimum absolute atomic E-state index is 0.0242. The highest BCUT2D eigenvalue weighted by molar-refractivity contribution is 5.80. The van der Waals surface area contributed by atoms with E-state index in [4.69, 9.17) is 4.74 Å². The van der Waals surface area contributed by atoms with Gasteiger partial charge in [-0.15, -0.1) is 0 Å². The topological polar surface area (TPSA) is 50.4 Å². The highest BCUT2D eigenvalue weighted by Gasteiger charge is 2.34. The quantitative estimate of drug-likeness (QED) is 0.834. The van der Waals surface area contributed by atoms with Gasteiger partial charge >= 0.3 is 0 Å². The smallest absolute Gasteiger partial charge is 0.227 e. The summed E-state index contributed by atoms with van der Waals surface area (Å²) in [5.41, 5.74) is 1.12. The Morgan fingerprint density at radius 2 is 2.10 bits per heavy atom. The predicted octanol–water partition coefficient (Wildman–Crippen LogP) is 1.88. The van der Waals surface area contributed by atoms with Crippen molar-refractivity contribution in [3.05, 3.63) is 35.9 Å². The first-order chi connectivity index (χ1) is 9.72. The molecule has 4 heteroatoms. The number of amides is 1. The Balaban J connectivity index is 1.90. The summed E-state index contributed by atoms with van der Waals surface area (Å²) in [6.07, 6.45) is 1.06. The molecule has 1 aliphatic heterocycles. The zero-order valence-electron chi connectivity index (χ0n) is 12.3. The summed E-state index contributed by atoms with van der Waals surface area (Å²) in [5.74, 6) is -0.0137. The molecule has 4 nitrogen and oxygen atoms in total. The van der Waals surface area contributed by atoms with Crippen LogP contribution in [0.3, 0.4) is 0 Å². The lowest BCUT2D eigenvalue weighted by atomic mass is 10.0. The lowest BCUT2D eigenvalue weighted by Gasteiger charge is -2.21. The van der Waals surface area contributed by atoms with Crippen LogP contribution in [-0.2, 0) is 9.53 Å². The largest absolute Gasteiger partial charge is 0.379 e. The van der Waals surface area contributed by atoms with Crippen molar-refractivity contribution in [2.75, 3.05) is 19.8 Å². The normalized spacial score (nSPS) is 23.5. The molecule has 3 atom stereocenters. The number of hydrogen-bond acceptors (Lipinski definition) is 3. The van der Waals surface area contributed by atoms with Gasteiger partial charge in [-0.2, -0.15) is 0 Å². The Morgan fingerprint density at radius 1 is 1.35 bits per heavy atom. The summed E-state index contributed by atoms with van der Waals surface area (Å²) < 4.78 is 5.45. The van der Waals surface area contributed by atoms with E-state index in [1.807, 2.05) is 37.3 Å². The molecule has 2 unspecified atom stereocenters. The molecule has 0 saturated carbocycles. The fourth-order valence-corrected chi connectivity index (χ4v) is 2.49. The van der Waals surface area contributed by atoms with E-state index >= 15 is 0 Å². The van der Waals surface area contributed by atoms with Crippen LogP contribution < -0.4 is 10.6 Å². The lowest BCUT2D eigenvalue weighted by Crippen LogP contribution is -2.44. The Morgan fingerprint density at radius 3 is 2.80 bits per heavy atom. The summed E-state index contributed by atoms with van der Waals surface area (Å²) >= 11 is 0. The van der Waals surface area contributed by atoms with Crippen molar-refractivity contribution in [2.45, 2.75) is 32.4 Å². The van der Waals surface area contributed by atoms with Crippen LogP contribution in [0.5, 0.6) is 0 Å². The maximum absolute atomic E-state index is 12.4. The molecule has 1 aromatic carbocycles. The molecule has 2 rings (SSSR count). The Labute approximate surface area is 120 Å². The maximum atomic E-state index is 12.4. The molecule has 1 aliphatic rings. The van der Waals surface area contributed by atoms with E-state index < -0.39 is 0 Å². The molecule has 1 fully saturated rings. The van der Waals surface area contributed by atoms with E-state index in [9.17, 15) is 4.79 Å². The summed E-state index contributed by atoms with van der Waals surface area (Å²) in [4.78, 5) is 12.4. The van der Waals surface area contributed by atoms with Gasteiger partial charge in [-0.05, 0) is 25.5 Å². The van der Waals surface area contributed by atoms with Gasteiger partial charge in [0.2, 0.25) is 5.91 Å². The molecule has 0 aromatic heterocycles. The van der Waals surface area contributed by atoms with Crippen molar-refractivity contribution in [3.63, 3.8) is 0 Å². The molecule has 1 aromatic rings. The van der Waals surface area contributed by atoms with Gasteiger partial charge < -0.3 is 15.4 Å². The first-order valence-corrected chi connectivity index (χ1v) is 7.38. The first-order valence-electron chi connectivity index (χ1n) is 7.38. The summed E-state index contributed by atoms with van der Waals surface area (Å²) in [6, 6.07) is 10.2. The van der Waals surface area contributed by atoms with Gasteiger partial charge in [0.25, 0.3) is 0 Å². The fraction of sp³-hybridized carbons (Fsp3) is 0.562. The van der Waals surface area contributed by atoms with Gasteiger partial charge in [0, 0.05) is 6.04 Å². The molecule has 1 saturated heterocycles. The fourth-order valence-electron chi connectivity index (χ4n) is 2.49. The van der Waals surface area contributed by atoms with E-state index in [1.54, 1.807) is 0 Å². The molecule has 1 amide bonds. The molecule has 110 valence electrons. The van der Waals surface area contributed by atoms with Crippen LogP contribution in [0.4, 0.5) is 0 Å². The molecular formula is C16H24N2O2. The minimum atomic E-state index is -0.0901. The molecule has 1 heterocycles. The second-order valence-electron chi connectivity index (χ2n) is 5.35. The molecule has 0 spiro atoms. The van der Waals surface area contributed by atoms with Gasteiger partial charge in [-0.3, -0.25) is 4.79 Å². The van der Waals surface area contributed by atoms with E-state index in [2.05, 4.69) is 17.6 Å². The van der Waals surface area contributed by atoms with Crippen LogP contribution in [0, 0.1) is 5.92 Å². The third kappa shape index (κ3) is 3.81. The van der Waals surface area contributed by atoms with Gasteiger partial charge in [0.05, 0.1) is 25.2 Å². The van der Waals surface area contributed by atoms with Gasteiger partial charge in [-0.1, -0.05) is 37.3 Å². The number of carbonyl (C=O) groups excluding carboxylic acids is 1. The van der Waals surface area contributed by atoms with Crippen LogP contribution in [0.15, 0.2) is 30.3 Å². The number of carbonyl (C=O) groups is 1. The number of ether oxygens (including phenoxy) is 1. The van der Waals surface area contributed by atoms with E-state index in [0.29, 0.717) is 13.2 Å². The van der Waals surface area contributed by atoms with Crippen LogP contribution in [-0.4, -0.2) is 31.7 Å². The highest BCUT2D eigenvalue weighted by Crippen LogP contribution is 2.17. The monoisotopic (exact) mass is 276 g/mol. The number of benzene rings is 1. The third-order valence-electron chi connectivity index (χ3n) is 3.73. The van der Waals surface area contributed by atoms with E-state index in [-0.39, 0.29) is 23.9 Å². The van der Waals surface area contributed by atoms with Crippen LogP contribution in [0.2, 0.25) is 0 Å². The van der Waals surface area contributed by atoms with Crippen molar-refractivity contribution < 1.29 is 9.53 Å². The maximum Gasteiger partial charge on any atom is 0.227 e. The van der Waals surface area contributed by atoms with Crippen molar-refractivity contribution >= 4 is 5.91 Å². The summed E-state index contributed by atoms with van der Waals surface area (Å²) in [7, 11) is 0. The highest BCUT2D eigenvalue weighted by atomic mass is 16.5. The van der Waals surface area contributed by atoms with Gasteiger partial charge in [0.1, 0.15) is 0 Å². The Bertz CT molecular complexity index is 422. The second-order valence-corrected chi connectivity index (χ2v) is 5.35. The van der Waals surface area contributed by atoms with Crippen molar-refractivity contribution in [1.29, 1.82) is 0 Å². The summed E-state index contributed by atoms with van der Waals surface area (Å²) in [6.45, 7) is 6.19. The van der Waals surface area contributed by atoms with E-state index in [0.717, 1.165) is 18.5 Å². The summed E-state index contributed by atoms with van der Waals surface area (Å²) in [5, 5.41) is 6.48. The van der Waals surface area contributed by atoms with Crippen LogP contribution in [0.1, 0.15) is 31.9 Å². The molecule has 2 N–H and O–H groups in total. The first kappa shape index (κ1) is 15.0. The van der Waals surface area contributed by atoms with Crippen LogP contribution >= 0.6 is 0 Å². The van der Waals surface area contributed by atoms with Crippen molar-refractivity contribution in [2.24, 2.45) is 5.92 Å². The number of hydrogen-bond donors (Lipinski definition) is 2. The van der Waals surface area contributed by atoms with E-state index in [1.165, 1.54) is 0 Å². The average molecular weight is 276 g/mol.